The standard InChI is InChI=1S/C34H47N5O3S/c1-2-3-4-5-6-7-8-9-10-11-12-13-14-19-26-39(27-20-24-35)43(41,42)32-28-31(37-38-33-23-17-18-25-36-33)34(40)30-22-16-15-21-29(30)32/h15-18,21-23,25,28,40H,2-14,19-20,26-27H2,1H3. The van der Waals surface area contributed by atoms with E-state index in [4.69, 9.17) is 0 Å². The number of sulfonamides is 1. The zero-order valence-electron chi connectivity index (χ0n) is 25.6. The lowest BCUT2D eigenvalue weighted by Gasteiger charge is -2.22. The van der Waals surface area contributed by atoms with E-state index in [1.807, 2.05) is 0 Å². The molecule has 0 amide bonds. The van der Waals surface area contributed by atoms with Gasteiger partial charge in [-0.2, -0.15) is 9.57 Å². The Hall–Kier alpha value is -3.35. The van der Waals surface area contributed by atoms with Crippen LogP contribution in [0.15, 0.2) is 69.9 Å². The van der Waals surface area contributed by atoms with Crippen molar-refractivity contribution in [2.75, 3.05) is 13.1 Å². The highest BCUT2D eigenvalue weighted by Crippen LogP contribution is 2.40. The second-order valence-corrected chi connectivity index (χ2v) is 13.0. The molecule has 0 unspecified atom stereocenters. The fraction of sp³-hybridized carbons (Fsp3) is 0.529. The molecule has 8 nitrogen and oxygen atoms in total. The van der Waals surface area contributed by atoms with Crippen LogP contribution in [0.25, 0.3) is 10.8 Å². The Morgan fingerprint density at radius 3 is 1.95 bits per heavy atom. The van der Waals surface area contributed by atoms with Gasteiger partial charge in [-0.3, -0.25) is 0 Å². The maximum absolute atomic E-state index is 14.0. The molecule has 0 saturated heterocycles. The van der Waals surface area contributed by atoms with E-state index in [-0.39, 0.29) is 29.3 Å². The molecular weight excluding hydrogens is 558 g/mol. The number of fused-ring (bicyclic) bond motifs is 1. The van der Waals surface area contributed by atoms with Crippen molar-refractivity contribution in [1.82, 2.24) is 9.29 Å². The lowest BCUT2D eigenvalue weighted by atomic mass is 10.0. The van der Waals surface area contributed by atoms with Gasteiger partial charge in [0.15, 0.2) is 11.6 Å². The molecule has 0 spiro atoms. The first-order valence-electron chi connectivity index (χ1n) is 15.9. The van der Waals surface area contributed by atoms with Crippen LogP contribution < -0.4 is 0 Å². The average molecular weight is 606 g/mol. The number of azo groups is 1. The lowest BCUT2D eigenvalue weighted by Crippen LogP contribution is -2.33. The number of aromatic nitrogens is 1. The number of rotatable bonds is 21. The van der Waals surface area contributed by atoms with Gasteiger partial charge < -0.3 is 5.11 Å². The molecule has 9 heteroatoms. The number of hydrogen-bond acceptors (Lipinski definition) is 7. The summed E-state index contributed by atoms with van der Waals surface area (Å²) in [5.41, 5.74) is 0.0413. The summed E-state index contributed by atoms with van der Waals surface area (Å²) in [6.45, 7) is 2.70. The normalized spacial score (nSPS) is 11.9. The van der Waals surface area contributed by atoms with Crippen molar-refractivity contribution in [3.63, 3.8) is 0 Å². The maximum Gasteiger partial charge on any atom is 0.243 e. The average Bonchev–Trinajstić information content (AvgIpc) is 3.02. The van der Waals surface area contributed by atoms with Crippen LogP contribution in [0.4, 0.5) is 11.5 Å². The first kappa shape index (κ1) is 34.1. The van der Waals surface area contributed by atoms with Gasteiger partial charge >= 0.3 is 0 Å². The molecule has 3 aromatic rings. The summed E-state index contributed by atoms with van der Waals surface area (Å²) in [4.78, 5) is 4.15. The summed E-state index contributed by atoms with van der Waals surface area (Å²) in [5, 5.41) is 29.2. The van der Waals surface area contributed by atoms with Gasteiger partial charge in [-0.1, -0.05) is 121 Å². The molecule has 1 N–H and O–H groups in total. The van der Waals surface area contributed by atoms with Crippen LogP contribution in [0.1, 0.15) is 103 Å². The van der Waals surface area contributed by atoms with Gasteiger partial charge in [-0.25, -0.2) is 13.4 Å². The number of unbranched alkanes of at least 4 members (excludes halogenated alkanes) is 13. The lowest BCUT2D eigenvalue weighted by molar-refractivity contribution is 0.402. The summed E-state index contributed by atoms with van der Waals surface area (Å²) < 4.78 is 29.4. The van der Waals surface area contributed by atoms with Gasteiger partial charge in [0.05, 0.1) is 11.0 Å². The van der Waals surface area contributed by atoms with Crippen LogP contribution in [0, 0.1) is 11.3 Å². The minimum Gasteiger partial charge on any atom is -0.505 e. The maximum atomic E-state index is 14.0. The quantitative estimate of drug-likeness (QED) is 0.0957. The molecule has 1 aromatic heterocycles. The van der Waals surface area contributed by atoms with Crippen LogP contribution in [-0.4, -0.2) is 35.9 Å². The van der Waals surface area contributed by atoms with E-state index in [2.05, 4.69) is 28.2 Å². The van der Waals surface area contributed by atoms with Gasteiger partial charge in [0, 0.05) is 36.5 Å². The predicted octanol–water partition coefficient (Wildman–Crippen LogP) is 9.74. The van der Waals surface area contributed by atoms with Crippen molar-refractivity contribution in [2.45, 2.75) is 108 Å². The monoisotopic (exact) mass is 605 g/mol. The zero-order chi connectivity index (χ0) is 30.8. The van der Waals surface area contributed by atoms with Gasteiger partial charge in [0.1, 0.15) is 5.69 Å². The van der Waals surface area contributed by atoms with Gasteiger partial charge in [0.25, 0.3) is 0 Å². The molecule has 0 fully saturated rings. The van der Waals surface area contributed by atoms with E-state index in [1.54, 1.807) is 48.7 Å². The van der Waals surface area contributed by atoms with Crippen molar-refractivity contribution in [3.05, 3.63) is 54.7 Å². The molecule has 0 atom stereocenters. The summed E-state index contributed by atoms with van der Waals surface area (Å²) in [6.07, 6.45) is 18.8. The molecular formula is C34H47N5O3S. The summed E-state index contributed by atoms with van der Waals surface area (Å²) in [6, 6.07) is 15.5. The molecule has 1 heterocycles. The number of pyridine rings is 1. The van der Waals surface area contributed by atoms with E-state index in [0.29, 0.717) is 23.1 Å². The second-order valence-electron chi connectivity index (χ2n) is 11.1. The molecule has 43 heavy (non-hydrogen) atoms. The first-order chi connectivity index (χ1) is 21.0. The Kier molecular flexibility index (Phi) is 15.1. The topological polar surface area (TPSA) is 119 Å². The Morgan fingerprint density at radius 2 is 1.37 bits per heavy atom. The number of benzene rings is 2. The fourth-order valence-corrected chi connectivity index (χ4v) is 6.96. The van der Waals surface area contributed by atoms with Crippen LogP contribution in [0.2, 0.25) is 0 Å². The van der Waals surface area contributed by atoms with E-state index >= 15 is 0 Å². The van der Waals surface area contributed by atoms with E-state index in [9.17, 15) is 18.8 Å². The Balaban J connectivity index is 1.60. The molecule has 0 saturated carbocycles. The van der Waals surface area contributed by atoms with Crippen molar-refractivity contribution in [3.8, 4) is 11.8 Å². The van der Waals surface area contributed by atoms with E-state index in [1.165, 1.54) is 74.6 Å². The molecule has 3 rings (SSSR count). The number of nitrogens with zero attached hydrogens (tertiary/aromatic N) is 5. The second kappa shape index (κ2) is 19.0. The van der Waals surface area contributed by atoms with Crippen LogP contribution in [-0.2, 0) is 10.0 Å². The number of phenols is 1. The molecule has 0 aliphatic rings. The van der Waals surface area contributed by atoms with Crippen LogP contribution in [0.5, 0.6) is 5.75 Å². The molecule has 2 aromatic carbocycles. The highest BCUT2D eigenvalue weighted by Gasteiger charge is 2.28. The van der Waals surface area contributed by atoms with Crippen molar-refractivity contribution in [2.24, 2.45) is 10.2 Å². The van der Waals surface area contributed by atoms with Crippen LogP contribution in [0.3, 0.4) is 0 Å². The molecule has 0 aliphatic carbocycles. The summed E-state index contributed by atoms with van der Waals surface area (Å²) in [5.74, 6) is 0.192. The minimum atomic E-state index is -3.99. The van der Waals surface area contributed by atoms with E-state index in [0.717, 1.165) is 25.7 Å². The summed E-state index contributed by atoms with van der Waals surface area (Å²) >= 11 is 0. The van der Waals surface area contributed by atoms with Crippen LogP contribution >= 0.6 is 0 Å². The first-order valence-corrected chi connectivity index (χ1v) is 17.4. The highest BCUT2D eigenvalue weighted by atomic mass is 32.2. The number of phenolic OH excluding ortho intramolecular Hbond substituents is 1. The van der Waals surface area contributed by atoms with Crippen molar-refractivity contribution >= 4 is 32.3 Å². The van der Waals surface area contributed by atoms with E-state index < -0.39 is 10.0 Å². The molecule has 0 radical (unpaired) electrons. The third kappa shape index (κ3) is 11.0. The smallest absolute Gasteiger partial charge is 0.243 e. The fourth-order valence-electron chi connectivity index (χ4n) is 5.27. The third-order valence-electron chi connectivity index (χ3n) is 7.72. The highest BCUT2D eigenvalue weighted by molar-refractivity contribution is 7.89. The molecule has 0 bridgehead atoms. The molecule has 232 valence electrons. The molecule has 0 aliphatic heterocycles. The SMILES string of the molecule is CCCCCCCCCCCCCCCCN(CCC#N)S(=O)(=O)c1cc(N=Nc2ccccn2)c(O)c2ccccc12. The zero-order valence-corrected chi connectivity index (χ0v) is 26.4. The van der Waals surface area contributed by atoms with Gasteiger partial charge in [0.2, 0.25) is 10.0 Å². The number of nitriles is 1. The summed E-state index contributed by atoms with van der Waals surface area (Å²) in [7, 11) is -3.99. The van der Waals surface area contributed by atoms with Crippen molar-refractivity contribution in [1.29, 1.82) is 5.26 Å². The largest absolute Gasteiger partial charge is 0.505 e. The Labute approximate surface area is 257 Å². The third-order valence-corrected chi connectivity index (χ3v) is 9.66. The van der Waals surface area contributed by atoms with Crippen molar-refractivity contribution < 1.29 is 13.5 Å². The Bertz CT molecular complexity index is 1420. The van der Waals surface area contributed by atoms with Gasteiger partial charge in [-0.05, 0) is 24.6 Å². The van der Waals surface area contributed by atoms with Gasteiger partial charge in [-0.15, -0.1) is 10.2 Å². The Morgan fingerprint density at radius 1 is 0.791 bits per heavy atom. The minimum absolute atomic E-state index is 0.0409. The number of aromatic hydroxyl groups is 1. The predicted molar refractivity (Wildman–Crippen MR) is 173 cm³/mol. The number of hydrogen-bond donors (Lipinski definition) is 1.